The summed E-state index contributed by atoms with van der Waals surface area (Å²) in [5, 5.41) is 11.2. The van der Waals surface area contributed by atoms with E-state index in [2.05, 4.69) is 4.98 Å². The van der Waals surface area contributed by atoms with Crippen molar-refractivity contribution in [3.63, 3.8) is 0 Å². The minimum Gasteiger partial charge on any atom is -0.508 e. The highest BCUT2D eigenvalue weighted by atomic mass is 32.1. The van der Waals surface area contributed by atoms with Crippen LogP contribution in [0, 0.1) is 0 Å². The van der Waals surface area contributed by atoms with E-state index in [-0.39, 0.29) is 0 Å². The van der Waals surface area contributed by atoms with E-state index in [1.54, 1.807) is 17.6 Å². The van der Waals surface area contributed by atoms with E-state index < -0.39 is 0 Å². The maximum Gasteiger partial charge on any atom is 0.143 e. The molecule has 4 heteroatoms. The van der Waals surface area contributed by atoms with E-state index in [1.807, 2.05) is 29.0 Å². The Balaban J connectivity index is 1.92. The minimum atomic E-state index is 0.369. The van der Waals surface area contributed by atoms with Gasteiger partial charge >= 0.3 is 0 Å². The fourth-order valence-corrected chi connectivity index (χ4v) is 1.99. The Morgan fingerprint density at radius 1 is 1.35 bits per heavy atom. The molecule has 1 heterocycles. The van der Waals surface area contributed by atoms with Crippen molar-refractivity contribution in [3.8, 4) is 5.75 Å². The Labute approximate surface area is 106 Å². The highest BCUT2D eigenvalue weighted by Crippen LogP contribution is 2.17. The molecule has 88 valence electrons. The van der Waals surface area contributed by atoms with Crippen LogP contribution < -0.4 is 0 Å². The summed E-state index contributed by atoms with van der Waals surface area (Å²) in [5.41, 5.74) is 0.983. The summed E-state index contributed by atoms with van der Waals surface area (Å²) in [4.78, 5) is 4.13. The van der Waals surface area contributed by atoms with Crippen LogP contribution in [-0.2, 0) is 13.0 Å². The zero-order valence-electron chi connectivity index (χ0n) is 9.41. The second-order valence-electron chi connectivity index (χ2n) is 3.83. The molecule has 0 saturated carbocycles. The van der Waals surface area contributed by atoms with Crippen LogP contribution in [0.25, 0.3) is 0 Å². The average molecular weight is 246 g/mol. The molecular weight excluding hydrogens is 232 g/mol. The van der Waals surface area contributed by atoms with Gasteiger partial charge in [0.2, 0.25) is 0 Å². The zero-order valence-corrected chi connectivity index (χ0v) is 10.2. The van der Waals surface area contributed by atoms with Gasteiger partial charge in [0, 0.05) is 24.3 Å². The number of aryl methyl sites for hydroxylation is 2. The summed E-state index contributed by atoms with van der Waals surface area (Å²) in [6.45, 7) is 0.858. The number of hydrogen-bond donors (Lipinski definition) is 1. The average Bonchev–Trinajstić information content (AvgIpc) is 2.79. The van der Waals surface area contributed by atoms with Gasteiger partial charge in [0.05, 0.1) is 0 Å². The SMILES string of the molecule is Oc1ccccc1CCCn1ccnc1C=S. The second kappa shape index (κ2) is 5.59. The van der Waals surface area contributed by atoms with E-state index in [4.69, 9.17) is 12.2 Å². The van der Waals surface area contributed by atoms with Gasteiger partial charge in [0.25, 0.3) is 0 Å². The predicted molar refractivity (Wildman–Crippen MR) is 71.4 cm³/mol. The van der Waals surface area contributed by atoms with Gasteiger partial charge in [-0.1, -0.05) is 30.4 Å². The lowest BCUT2D eigenvalue weighted by atomic mass is 10.1. The molecule has 0 amide bonds. The van der Waals surface area contributed by atoms with E-state index in [0.717, 1.165) is 30.8 Å². The number of nitrogens with zero attached hydrogens (tertiary/aromatic N) is 2. The molecule has 0 saturated heterocycles. The number of aromatic hydroxyl groups is 1. The quantitative estimate of drug-likeness (QED) is 0.824. The van der Waals surface area contributed by atoms with Crippen LogP contribution in [0.1, 0.15) is 17.8 Å². The van der Waals surface area contributed by atoms with E-state index in [1.165, 1.54) is 0 Å². The molecule has 0 atom stereocenters. The second-order valence-corrected chi connectivity index (χ2v) is 4.06. The fraction of sp³-hybridized carbons (Fsp3) is 0.231. The molecule has 1 N–H and O–H groups in total. The van der Waals surface area contributed by atoms with Crippen LogP contribution in [0.2, 0.25) is 0 Å². The fourth-order valence-electron chi connectivity index (χ4n) is 1.79. The monoisotopic (exact) mass is 246 g/mol. The number of phenolic OH excluding ortho intramolecular Hbond substituents is 1. The van der Waals surface area contributed by atoms with Crippen molar-refractivity contribution in [3.05, 3.63) is 48.0 Å². The Morgan fingerprint density at radius 2 is 2.18 bits per heavy atom. The molecular formula is C13H14N2OS. The molecule has 0 fully saturated rings. The topological polar surface area (TPSA) is 38.0 Å². The number of rotatable bonds is 5. The van der Waals surface area contributed by atoms with Crippen molar-refractivity contribution < 1.29 is 5.11 Å². The third kappa shape index (κ3) is 2.91. The number of imidazole rings is 1. The van der Waals surface area contributed by atoms with Crippen molar-refractivity contribution in [1.29, 1.82) is 0 Å². The third-order valence-electron chi connectivity index (χ3n) is 2.69. The van der Waals surface area contributed by atoms with Crippen LogP contribution >= 0.6 is 12.2 Å². The number of benzene rings is 1. The number of thiocarbonyl (C=S) groups is 1. The lowest BCUT2D eigenvalue weighted by Gasteiger charge is -2.06. The largest absolute Gasteiger partial charge is 0.508 e. The first-order chi connectivity index (χ1) is 8.31. The molecule has 3 nitrogen and oxygen atoms in total. The van der Waals surface area contributed by atoms with Gasteiger partial charge in [-0.2, -0.15) is 0 Å². The van der Waals surface area contributed by atoms with Gasteiger partial charge in [-0.25, -0.2) is 4.98 Å². The Hall–Kier alpha value is -1.68. The first kappa shape index (κ1) is 11.8. The normalized spacial score (nSPS) is 10.4. The summed E-state index contributed by atoms with van der Waals surface area (Å²) in [6.07, 6.45) is 5.47. The van der Waals surface area contributed by atoms with Gasteiger partial charge in [0.1, 0.15) is 11.6 Å². The molecule has 2 aromatic rings. The van der Waals surface area contributed by atoms with Crippen LogP contribution in [0.4, 0.5) is 0 Å². The summed E-state index contributed by atoms with van der Waals surface area (Å²) in [7, 11) is 0. The van der Waals surface area contributed by atoms with Gasteiger partial charge < -0.3 is 9.67 Å². The van der Waals surface area contributed by atoms with Crippen molar-refractivity contribution in [1.82, 2.24) is 9.55 Å². The molecule has 0 bridgehead atoms. The van der Waals surface area contributed by atoms with Crippen molar-refractivity contribution >= 4 is 17.6 Å². The van der Waals surface area contributed by atoms with E-state index >= 15 is 0 Å². The smallest absolute Gasteiger partial charge is 0.143 e. The van der Waals surface area contributed by atoms with Crippen molar-refractivity contribution in [2.45, 2.75) is 19.4 Å². The predicted octanol–water partition coefficient (Wildman–Crippen LogP) is 2.57. The Morgan fingerprint density at radius 3 is 2.94 bits per heavy atom. The van der Waals surface area contributed by atoms with Gasteiger partial charge in [-0.15, -0.1) is 0 Å². The zero-order chi connectivity index (χ0) is 12.1. The molecule has 0 radical (unpaired) electrons. The summed E-state index contributed by atoms with van der Waals surface area (Å²) in [5.74, 6) is 1.19. The molecule has 2 rings (SSSR count). The molecule has 17 heavy (non-hydrogen) atoms. The van der Waals surface area contributed by atoms with Crippen LogP contribution in [0.3, 0.4) is 0 Å². The Kier molecular flexibility index (Phi) is 3.88. The van der Waals surface area contributed by atoms with Gasteiger partial charge in [0.15, 0.2) is 0 Å². The molecule has 0 aliphatic rings. The standard InChI is InChI=1S/C13H14N2OS/c16-12-6-2-1-4-11(12)5-3-8-15-9-7-14-13(15)10-17/h1-2,4,6-7,9-10,16H,3,5,8H2. The lowest BCUT2D eigenvalue weighted by molar-refractivity contribution is 0.465. The van der Waals surface area contributed by atoms with Gasteiger partial charge in [-0.3, -0.25) is 0 Å². The minimum absolute atomic E-state index is 0.369. The van der Waals surface area contributed by atoms with Crippen molar-refractivity contribution in [2.75, 3.05) is 0 Å². The first-order valence-electron chi connectivity index (χ1n) is 5.54. The molecule has 1 aromatic heterocycles. The first-order valence-corrected chi connectivity index (χ1v) is 6.01. The van der Waals surface area contributed by atoms with Crippen LogP contribution in [0.15, 0.2) is 36.7 Å². The molecule has 0 spiro atoms. The number of phenols is 1. The third-order valence-corrected chi connectivity index (χ3v) is 2.90. The lowest BCUT2D eigenvalue weighted by Crippen LogP contribution is -2.02. The van der Waals surface area contributed by atoms with Crippen LogP contribution in [-0.4, -0.2) is 20.0 Å². The molecule has 1 aromatic carbocycles. The van der Waals surface area contributed by atoms with E-state index in [9.17, 15) is 5.11 Å². The summed E-state index contributed by atoms with van der Waals surface area (Å²) >= 11 is 4.88. The van der Waals surface area contributed by atoms with Crippen LogP contribution in [0.5, 0.6) is 5.75 Å². The number of aromatic nitrogens is 2. The number of hydrogen-bond acceptors (Lipinski definition) is 3. The molecule has 0 aliphatic carbocycles. The molecule has 0 aliphatic heterocycles. The number of para-hydroxylation sites is 1. The summed E-state index contributed by atoms with van der Waals surface area (Å²) in [6, 6.07) is 7.44. The van der Waals surface area contributed by atoms with E-state index in [0.29, 0.717) is 5.75 Å². The maximum absolute atomic E-state index is 9.63. The van der Waals surface area contributed by atoms with Gasteiger partial charge in [-0.05, 0) is 24.5 Å². The Bertz CT molecular complexity index is 508. The highest BCUT2D eigenvalue weighted by molar-refractivity contribution is 7.79. The molecule has 0 unspecified atom stereocenters. The highest BCUT2D eigenvalue weighted by Gasteiger charge is 2.01. The van der Waals surface area contributed by atoms with Crippen molar-refractivity contribution in [2.24, 2.45) is 0 Å². The maximum atomic E-state index is 9.63. The summed E-state index contributed by atoms with van der Waals surface area (Å²) < 4.78 is 2.02.